The number of unbranched alkanes of at least 4 members (excludes halogenated alkanes) is 1. The number of rotatable bonds is 10. The van der Waals surface area contributed by atoms with E-state index in [0.717, 1.165) is 78.1 Å². The number of hydrogen-bond acceptors (Lipinski definition) is 6. The number of nitrogens with one attached hydrogen (secondary N) is 1. The molecule has 0 unspecified atom stereocenters. The van der Waals surface area contributed by atoms with Crippen LogP contribution in [0.2, 0.25) is 0 Å². The zero-order valence-corrected chi connectivity index (χ0v) is 27.6. The number of fused-ring (bicyclic) bond motifs is 10. The van der Waals surface area contributed by atoms with E-state index < -0.39 is 0 Å². The van der Waals surface area contributed by atoms with E-state index in [9.17, 15) is 4.79 Å². The van der Waals surface area contributed by atoms with Crippen LogP contribution in [0.5, 0.6) is 0 Å². The number of amides is 1. The molecule has 3 aliphatic rings. The number of carbonyl (C=O) groups is 1. The number of aryl methyl sites for hydroxylation is 4. The smallest absolute Gasteiger partial charge is 0.252 e. The van der Waals surface area contributed by atoms with Gasteiger partial charge in [0.2, 0.25) is 0 Å². The molecular weight excluding hydrogens is 562 g/mol. The second kappa shape index (κ2) is 12.2. The van der Waals surface area contributed by atoms with Crippen LogP contribution in [-0.2, 0) is 37.8 Å². The summed E-state index contributed by atoms with van der Waals surface area (Å²) in [6.07, 6.45) is 6.15. The molecule has 1 amide bonds. The molecule has 2 aromatic heterocycles. The lowest BCUT2D eigenvalue weighted by Gasteiger charge is -2.34. The maximum absolute atomic E-state index is 13.5. The van der Waals surface area contributed by atoms with Gasteiger partial charge < -0.3 is 24.5 Å². The van der Waals surface area contributed by atoms with Gasteiger partial charge in [-0.3, -0.25) is 9.48 Å². The summed E-state index contributed by atoms with van der Waals surface area (Å²) >= 11 is 0. The molecule has 2 aromatic carbocycles. The van der Waals surface area contributed by atoms with Gasteiger partial charge in [-0.2, -0.15) is 5.10 Å². The zero-order chi connectivity index (χ0) is 31.2. The molecule has 45 heavy (non-hydrogen) atoms. The number of carbonyl (C=O) groups excluding carboxylic acids is 1. The lowest BCUT2D eigenvalue weighted by molar-refractivity contribution is 0.0966. The van der Waals surface area contributed by atoms with Crippen molar-refractivity contribution >= 4 is 33.4 Å². The third-order valence-electron chi connectivity index (χ3n) is 9.99. The molecule has 4 heterocycles. The van der Waals surface area contributed by atoms with Crippen molar-refractivity contribution in [1.29, 1.82) is 0 Å². The molecule has 0 atom stereocenters. The average Bonchev–Trinajstić information content (AvgIpc) is 3.71. The predicted molar refractivity (Wildman–Crippen MR) is 181 cm³/mol. The Morgan fingerprint density at radius 2 is 1.82 bits per heavy atom. The second-order valence-electron chi connectivity index (χ2n) is 13.5. The van der Waals surface area contributed by atoms with E-state index in [1.165, 1.54) is 60.0 Å². The maximum Gasteiger partial charge on any atom is 0.252 e. The van der Waals surface area contributed by atoms with E-state index in [2.05, 4.69) is 70.0 Å². The average molecular weight is 610 g/mol. The van der Waals surface area contributed by atoms with Gasteiger partial charge in [-0.25, -0.2) is 0 Å². The molecule has 1 saturated heterocycles. The summed E-state index contributed by atoms with van der Waals surface area (Å²) in [6, 6.07) is 6.71. The van der Waals surface area contributed by atoms with Crippen LogP contribution in [0.4, 0.5) is 0 Å². The molecule has 0 spiro atoms. The summed E-state index contributed by atoms with van der Waals surface area (Å²) in [5.41, 5.74) is 11.0. The minimum atomic E-state index is 0.0277. The standard InChI is InChI=1S/C36H47N7O2/c1-6-41-15-17-42(18-16-41)13-7-8-14-43-31-12-9-25(24(4)39-45-22-23(2)3)19-27(31)33-28-20-37-36(44)34(28)32-26(35(33)43)10-11-30-29(32)21-40(5)38-30/h9,12,19,21,23H,6-8,10-11,13-18,20,22H2,1-5H3,(H,37,44)/b39-24+. The van der Waals surface area contributed by atoms with Crippen LogP contribution in [0.3, 0.4) is 0 Å². The summed E-state index contributed by atoms with van der Waals surface area (Å²) in [4.78, 5) is 24.3. The first kappa shape index (κ1) is 30.0. The zero-order valence-electron chi connectivity index (χ0n) is 27.6. The minimum Gasteiger partial charge on any atom is -0.395 e. The van der Waals surface area contributed by atoms with Gasteiger partial charge in [0.1, 0.15) is 6.61 Å². The van der Waals surface area contributed by atoms with Gasteiger partial charge in [0.15, 0.2) is 0 Å². The third kappa shape index (κ3) is 5.44. The molecule has 2 aliphatic heterocycles. The first-order chi connectivity index (χ1) is 21.8. The highest BCUT2D eigenvalue weighted by Gasteiger charge is 2.35. The van der Waals surface area contributed by atoms with Gasteiger partial charge in [-0.05, 0) is 80.4 Å². The van der Waals surface area contributed by atoms with Crippen LogP contribution >= 0.6 is 0 Å². The molecule has 9 nitrogen and oxygen atoms in total. The summed E-state index contributed by atoms with van der Waals surface area (Å²) in [5, 5.41) is 14.8. The Hall–Kier alpha value is -3.69. The van der Waals surface area contributed by atoms with Crippen LogP contribution < -0.4 is 5.32 Å². The molecular formula is C36H47N7O2. The molecule has 7 rings (SSSR count). The van der Waals surface area contributed by atoms with Crippen molar-refractivity contribution in [3.63, 3.8) is 0 Å². The van der Waals surface area contributed by atoms with Crippen LogP contribution in [0, 0.1) is 5.92 Å². The first-order valence-corrected chi connectivity index (χ1v) is 16.9. The van der Waals surface area contributed by atoms with Crippen LogP contribution in [0.15, 0.2) is 29.6 Å². The van der Waals surface area contributed by atoms with Crippen molar-refractivity contribution in [2.45, 2.75) is 66.5 Å². The molecule has 1 fully saturated rings. The summed E-state index contributed by atoms with van der Waals surface area (Å²) < 4.78 is 4.46. The van der Waals surface area contributed by atoms with E-state index in [1.807, 2.05) is 18.7 Å². The Bertz CT molecular complexity index is 1790. The van der Waals surface area contributed by atoms with E-state index >= 15 is 0 Å². The predicted octanol–water partition coefficient (Wildman–Crippen LogP) is 5.35. The number of piperazine rings is 1. The van der Waals surface area contributed by atoms with Gasteiger partial charge in [0.05, 0.1) is 22.5 Å². The van der Waals surface area contributed by atoms with Crippen molar-refractivity contribution in [3.05, 3.63) is 52.3 Å². The number of nitrogens with zero attached hydrogens (tertiary/aromatic N) is 6. The van der Waals surface area contributed by atoms with Gasteiger partial charge in [0.25, 0.3) is 5.91 Å². The van der Waals surface area contributed by atoms with Gasteiger partial charge in [0, 0.05) is 79.9 Å². The minimum absolute atomic E-state index is 0.0277. The second-order valence-corrected chi connectivity index (χ2v) is 13.5. The highest BCUT2D eigenvalue weighted by atomic mass is 16.6. The summed E-state index contributed by atoms with van der Waals surface area (Å²) in [7, 11) is 1.98. The fraction of sp³-hybridized carbons (Fsp3) is 0.528. The van der Waals surface area contributed by atoms with E-state index in [1.54, 1.807) is 0 Å². The van der Waals surface area contributed by atoms with E-state index in [-0.39, 0.29) is 5.91 Å². The van der Waals surface area contributed by atoms with Gasteiger partial charge in [-0.15, -0.1) is 0 Å². The number of aromatic nitrogens is 3. The lowest BCUT2D eigenvalue weighted by atomic mass is 9.82. The monoisotopic (exact) mass is 609 g/mol. The highest BCUT2D eigenvalue weighted by Crippen LogP contribution is 2.47. The topological polar surface area (TPSA) is 79.9 Å². The maximum atomic E-state index is 13.5. The van der Waals surface area contributed by atoms with Crippen LogP contribution in [0.1, 0.15) is 73.3 Å². The quantitative estimate of drug-likeness (QED) is 0.149. The third-order valence-corrected chi connectivity index (χ3v) is 9.99. The van der Waals surface area contributed by atoms with Crippen LogP contribution in [0.25, 0.3) is 32.9 Å². The van der Waals surface area contributed by atoms with E-state index in [4.69, 9.17) is 9.94 Å². The number of likely N-dealkylation sites (N-methyl/N-ethyl adjacent to an activating group) is 1. The highest BCUT2D eigenvalue weighted by molar-refractivity contribution is 6.20. The summed E-state index contributed by atoms with van der Waals surface area (Å²) in [6.45, 7) is 17.6. The molecule has 9 heteroatoms. The largest absolute Gasteiger partial charge is 0.395 e. The fourth-order valence-electron chi connectivity index (χ4n) is 7.64. The Balaban J connectivity index is 1.32. The van der Waals surface area contributed by atoms with Gasteiger partial charge >= 0.3 is 0 Å². The van der Waals surface area contributed by atoms with Crippen molar-refractivity contribution in [2.24, 2.45) is 18.1 Å². The molecule has 238 valence electrons. The molecule has 0 bridgehead atoms. The molecule has 0 saturated carbocycles. The van der Waals surface area contributed by atoms with Crippen molar-refractivity contribution in [2.75, 3.05) is 45.9 Å². The Kier molecular flexibility index (Phi) is 8.16. The molecule has 0 radical (unpaired) electrons. The lowest BCUT2D eigenvalue weighted by Crippen LogP contribution is -2.46. The first-order valence-electron chi connectivity index (χ1n) is 16.9. The summed E-state index contributed by atoms with van der Waals surface area (Å²) in [5.74, 6) is 0.446. The van der Waals surface area contributed by atoms with Crippen molar-refractivity contribution in [1.82, 2.24) is 29.5 Å². The van der Waals surface area contributed by atoms with Crippen molar-refractivity contribution < 1.29 is 9.63 Å². The molecule has 4 aromatic rings. The normalized spacial score (nSPS) is 17.3. The Morgan fingerprint density at radius 3 is 2.60 bits per heavy atom. The molecule has 1 aliphatic carbocycles. The number of oxime groups is 1. The number of hydrogen-bond donors (Lipinski definition) is 1. The Morgan fingerprint density at radius 1 is 1.04 bits per heavy atom. The van der Waals surface area contributed by atoms with Crippen LogP contribution in [-0.4, -0.2) is 81.6 Å². The molecule has 1 N–H and O–H groups in total. The van der Waals surface area contributed by atoms with E-state index in [0.29, 0.717) is 19.1 Å². The Labute approximate surface area is 266 Å². The number of benzene rings is 2. The van der Waals surface area contributed by atoms with Crippen molar-refractivity contribution in [3.8, 4) is 11.1 Å². The fourth-order valence-corrected chi connectivity index (χ4v) is 7.64. The SMILES string of the molecule is CCN1CCN(CCCCn2c3ccc(/C(C)=N/OCC(C)C)cc3c3c4c(c5c(c32)CCc2nn(C)cc2-5)C(=O)NC4)CC1. The van der Waals surface area contributed by atoms with Gasteiger partial charge in [-0.1, -0.05) is 32.0 Å².